The maximum atomic E-state index is 3.52. The highest BCUT2D eigenvalue weighted by Gasteiger charge is 2.00. The minimum atomic E-state index is 1.04. The number of benzene rings is 1. The molecule has 0 aliphatic heterocycles. The fourth-order valence-corrected chi connectivity index (χ4v) is 2.58. The van der Waals surface area contributed by atoms with Gasteiger partial charge in [0.2, 0.25) is 0 Å². The van der Waals surface area contributed by atoms with E-state index in [9.17, 15) is 0 Å². The van der Waals surface area contributed by atoms with Gasteiger partial charge in [0, 0.05) is 11.0 Å². The van der Waals surface area contributed by atoms with Crippen molar-refractivity contribution in [2.45, 2.75) is 39.2 Å². The Bertz CT molecular complexity index is 341. The van der Waals surface area contributed by atoms with Crippen LogP contribution in [-0.4, -0.2) is 31.6 Å². The molecule has 0 aliphatic rings. The average Bonchev–Trinajstić information content (AvgIpc) is 2.37. The maximum absolute atomic E-state index is 3.52. The SMILES string of the molecule is CCCNCCCCCN(C)Cc1cccc(Br)c1. The van der Waals surface area contributed by atoms with Gasteiger partial charge in [-0.2, -0.15) is 0 Å². The van der Waals surface area contributed by atoms with Crippen LogP contribution in [-0.2, 0) is 6.54 Å². The van der Waals surface area contributed by atoms with Gasteiger partial charge in [-0.05, 0) is 63.6 Å². The summed E-state index contributed by atoms with van der Waals surface area (Å²) in [6.07, 6.45) is 5.14. The summed E-state index contributed by atoms with van der Waals surface area (Å²) in [7, 11) is 2.20. The van der Waals surface area contributed by atoms with Gasteiger partial charge in [-0.25, -0.2) is 0 Å². The molecule has 0 aliphatic carbocycles. The van der Waals surface area contributed by atoms with Crippen molar-refractivity contribution < 1.29 is 0 Å². The van der Waals surface area contributed by atoms with E-state index in [1.165, 1.54) is 48.8 Å². The smallest absolute Gasteiger partial charge is 0.0231 e. The van der Waals surface area contributed by atoms with Crippen LogP contribution in [0.2, 0.25) is 0 Å². The van der Waals surface area contributed by atoms with Gasteiger partial charge in [0.25, 0.3) is 0 Å². The summed E-state index contributed by atoms with van der Waals surface area (Å²) in [5.74, 6) is 0. The molecule has 0 amide bonds. The van der Waals surface area contributed by atoms with Gasteiger partial charge in [0.05, 0.1) is 0 Å². The zero-order chi connectivity index (χ0) is 13.9. The molecule has 2 nitrogen and oxygen atoms in total. The van der Waals surface area contributed by atoms with Crippen LogP contribution in [0.5, 0.6) is 0 Å². The molecular formula is C16H27BrN2. The lowest BCUT2D eigenvalue weighted by molar-refractivity contribution is 0.317. The van der Waals surface area contributed by atoms with E-state index in [0.29, 0.717) is 0 Å². The second-order valence-electron chi connectivity index (χ2n) is 5.18. The summed E-state index contributed by atoms with van der Waals surface area (Å²) >= 11 is 3.52. The molecule has 1 aromatic carbocycles. The van der Waals surface area contributed by atoms with Gasteiger partial charge in [-0.15, -0.1) is 0 Å². The van der Waals surface area contributed by atoms with Gasteiger partial charge in [-0.3, -0.25) is 0 Å². The van der Waals surface area contributed by atoms with E-state index < -0.39 is 0 Å². The van der Waals surface area contributed by atoms with Crippen LogP contribution in [0.1, 0.15) is 38.2 Å². The molecule has 108 valence electrons. The monoisotopic (exact) mass is 326 g/mol. The third kappa shape index (κ3) is 8.40. The standard InChI is InChI=1S/C16H27BrN2/c1-3-10-18-11-5-4-6-12-19(2)14-15-8-7-9-16(17)13-15/h7-9,13,18H,3-6,10-12,14H2,1-2H3. The normalized spacial score (nSPS) is 11.2. The quantitative estimate of drug-likeness (QED) is 0.652. The molecule has 1 aromatic rings. The molecule has 0 unspecified atom stereocenters. The van der Waals surface area contributed by atoms with Crippen molar-refractivity contribution >= 4 is 15.9 Å². The Morgan fingerprint density at radius 2 is 2.00 bits per heavy atom. The number of nitrogens with zero attached hydrogens (tertiary/aromatic N) is 1. The maximum Gasteiger partial charge on any atom is 0.0231 e. The third-order valence-electron chi connectivity index (χ3n) is 3.16. The minimum Gasteiger partial charge on any atom is -0.317 e. The van der Waals surface area contributed by atoms with Crippen molar-refractivity contribution in [2.75, 3.05) is 26.7 Å². The molecule has 0 saturated carbocycles. The predicted molar refractivity (Wildman–Crippen MR) is 87.5 cm³/mol. The number of hydrogen-bond donors (Lipinski definition) is 1. The Balaban J connectivity index is 2.06. The topological polar surface area (TPSA) is 15.3 Å². The Kier molecular flexibility index (Phi) is 9.14. The molecule has 1 N–H and O–H groups in total. The Morgan fingerprint density at radius 1 is 1.16 bits per heavy atom. The molecule has 0 spiro atoms. The first-order valence-electron chi connectivity index (χ1n) is 7.36. The lowest BCUT2D eigenvalue weighted by Gasteiger charge is -2.16. The number of halogens is 1. The molecular weight excluding hydrogens is 300 g/mol. The molecule has 0 radical (unpaired) electrons. The number of rotatable bonds is 10. The summed E-state index contributed by atoms with van der Waals surface area (Å²) in [6, 6.07) is 8.57. The largest absolute Gasteiger partial charge is 0.317 e. The molecule has 3 heteroatoms. The van der Waals surface area contributed by atoms with E-state index in [4.69, 9.17) is 0 Å². The first-order chi connectivity index (χ1) is 9.22. The van der Waals surface area contributed by atoms with Gasteiger partial charge >= 0.3 is 0 Å². The highest BCUT2D eigenvalue weighted by Crippen LogP contribution is 2.13. The van der Waals surface area contributed by atoms with E-state index in [1.807, 2.05) is 0 Å². The van der Waals surface area contributed by atoms with Gasteiger partial charge in [0.1, 0.15) is 0 Å². The lowest BCUT2D eigenvalue weighted by Crippen LogP contribution is -2.20. The summed E-state index contributed by atoms with van der Waals surface area (Å²) in [5, 5.41) is 3.45. The molecule has 0 heterocycles. The van der Waals surface area contributed by atoms with Crippen LogP contribution in [0.3, 0.4) is 0 Å². The highest BCUT2D eigenvalue weighted by atomic mass is 79.9. The molecule has 0 saturated heterocycles. The average molecular weight is 327 g/mol. The van der Waals surface area contributed by atoms with Crippen molar-refractivity contribution in [3.8, 4) is 0 Å². The van der Waals surface area contributed by atoms with Crippen molar-refractivity contribution in [1.29, 1.82) is 0 Å². The minimum absolute atomic E-state index is 1.04. The third-order valence-corrected chi connectivity index (χ3v) is 3.65. The second kappa shape index (κ2) is 10.4. The first-order valence-corrected chi connectivity index (χ1v) is 8.15. The zero-order valence-corrected chi connectivity index (χ0v) is 13.9. The summed E-state index contributed by atoms with van der Waals surface area (Å²) in [4.78, 5) is 2.40. The highest BCUT2D eigenvalue weighted by molar-refractivity contribution is 9.10. The van der Waals surface area contributed by atoms with Crippen LogP contribution in [0.4, 0.5) is 0 Å². The second-order valence-corrected chi connectivity index (χ2v) is 6.09. The fourth-order valence-electron chi connectivity index (χ4n) is 2.14. The summed E-state index contributed by atoms with van der Waals surface area (Å²) < 4.78 is 1.17. The Hall–Kier alpha value is -0.380. The Labute approximate surface area is 126 Å². The van der Waals surface area contributed by atoms with Crippen LogP contribution in [0, 0.1) is 0 Å². The van der Waals surface area contributed by atoms with E-state index in [1.54, 1.807) is 0 Å². The molecule has 0 aromatic heterocycles. The molecule has 0 atom stereocenters. The van der Waals surface area contributed by atoms with Gasteiger partial charge in [-0.1, -0.05) is 41.4 Å². The van der Waals surface area contributed by atoms with Gasteiger partial charge < -0.3 is 10.2 Å². The zero-order valence-electron chi connectivity index (χ0n) is 12.3. The van der Waals surface area contributed by atoms with E-state index in [-0.39, 0.29) is 0 Å². The molecule has 0 fully saturated rings. The van der Waals surface area contributed by atoms with Crippen LogP contribution in [0.25, 0.3) is 0 Å². The van der Waals surface area contributed by atoms with E-state index in [2.05, 4.69) is 64.4 Å². The van der Waals surface area contributed by atoms with E-state index in [0.717, 1.165) is 13.1 Å². The molecule has 0 bridgehead atoms. The summed E-state index contributed by atoms with van der Waals surface area (Å²) in [5.41, 5.74) is 1.38. The summed E-state index contributed by atoms with van der Waals surface area (Å²) in [6.45, 7) is 6.75. The van der Waals surface area contributed by atoms with Crippen molar-refractivity contribution in [3.05, 3.63) is 34.3 Å². The van der Waals surface area contributed by atoms with E-state index >= 15 is 0 Å². The van der Waals surface area contributed by atoms with Crippen molar-refractivity contribution in [1.82, 2.24) is 10.2 Å². The van der Waals surface area contributed by atoms with Crippen LogP contribution in [0.15, 0.2) is 28.7 Å². The fraction of sp³-hybridized carbons (Fsp3) is 0.625. The van der Waals surface area contributed by atoms with Crippen molar-refractivity contribution in [3.63, 3.8) is 0 Å². The van der Waals surface area contributed by atoms with Crippen molar-refractivity contribution in [2.24, 2.45) is 0 Å². The Morgan fingerprint density at radius 3 is 2.74 bits per heavy atom. The number of nitrogens with one attached hydrogen (secondary N) is 1. The lowest BCUT2D eigenvalue weighted by atomic mass is 10.2. The number of hydrogen-bond acceptors (Lipinski definition) is 2. The first kappa shape index (κ1) is 16.7. The van der Waals surface area contributed by atoms with Crippen LogP contribution < -0.4 is 5.32 Å². The number of unbranched alkanes of at least 4 members (excludes halogenated alkanes) is 2. The van der Waals surface area contributed by atoms with Gasteiger partial charge in [0.15, 0.2) is 0 Å². The predicted octanol–water partition coefficient (Wildman–Crippen LogP) is 4.05. The molecule has 19 heavy (non-hydrogen) atoms. The molecule has 1 rings (SSSR count). The van der Waals surface area contributed by atoms with Crippen LogP contribution >= 0.6 is 15.9 Å².